The zero-order valence-corrected chi connectivity index (χ0v) is 11.0. The number of benzene rings is 1. The van der Waals surface area contributed by atoms with E-state index in [0.717, 1.165) is 22.2 Å². The number of hydrogen-bond acceptors (Lipinski definition) is 2. The maximum atomic E-state index is 9.04. The standard InChI is InChI=1S/C12H17BrO2/c1-12(2,6-7-14)10-8-9(13)4-5-11(10)15-3/h4-5,8,14H,6-7H2,1-3H3. The quantitative estimate of drug-likeness (QED) is 0.913. The van der Waals surface area contributed by atoms with Crippen LogP contribution in [0.4, 0.5) is 0 Å². The SMILES string of the molecule is COc1ccc(Br)cc1C(C)(C)CCO. The van der Waals surface area contributed by atoms with Gasteiger partial charge in [-0.15, -0.1) is 0 Å². The van der Waals surface area contributed by atoms with Gasteiger partial charge in [-0.1, -0.05) is 29.8 Å². The van der Waals surface area contributed by atoms with Gasteiger partial charge in [0.25, 0.3) is 0 Å². The van der Waals surface area contributed by atoms with Crippen molar-refractivity contribution in [2.45, 2.75) is 25.7 Å². The van der Waals surface area contributed by atoms with E-state index in [0.29, 0.717) is 0 Å². The number of rotatable bonds is 4. The summed E-state index contributed by atoms with van der Waals surface area (Å²) < 4.78 is 6.36. The molecule has 1 aromatic rings. The van der Waals surface area contributed by atoms with E-state index in [9.17, 15) is 0 Å². The molecule has 0 aliphatic heterocycles. The van der Waals surface area contributed by atoms with Gasteiger partial charge in [0.05, 0.1) is 7.11 Å². The van der Waals surface area contributed by atoms with Crippen LogP contribution in [0.5, 0.6) is 5.75 Å². The third kappa shape index (κ3) is 2.95. The van der Waals surface area contributed by atoms with Crippen LogP contribution in [0, 0.1) is 0 Å². The molecule has 0 aliphatic rings. The summed E-state index contributed by atoms with van der Waals surface area (Å²) in [5, 5.41) is 9.04. The van der Waals surface area contributed by atoms with Gasteiger partial charge in [-0.05, 0) is 30.0 Å². The molecule has 1 N–H and O–H groups in total. The Kier molecular flexibility index (Phi) is 4.17. The maximum absolute atomic E-state index is 9.04. The summed E-state index contributed by atoms with van der Waals surface area (Å²) in [6, 6.07) is 5.95. The van der Waals surface area contributed by atoms with E-state index in [2.05, 4.69) is 35.8 Å². The number of hydrogen-bond donors (Lipinski definition) is 1. The van der Waals surface area contributed by atoms with E-state index < -0.39 is 0 Å². The summed E-state index contributed by atoms with van der Waals surface area (Å²) >= 11 is 3.45. The third-order valence-corrected chi connectivity index (χ3v) is 3.12. The Labute approximate surface area is 99.4 Å². The summed E-state index contributed by atoms with van der Waals surface area (Å²) in [6.07, 6.45) is 0.722. The predicted octanol–water partition coefficient (Wildman–Crippen LogP) is 3.12. The van der Waals surface area contributed by atoms with Gasteiger partial charge in [0.15, 0.2) is 0 Å². The Balaban J connectivity index is 3.15. The lowest BCUT2D eigenvalue weighted by Gasteiger charge is -2.26. The molecular formula is C12H17BrO2. The number of aliphatic hydroxyl groups excluding tert-OH is 1. The minimum atomic E-state index is -0.0795. The van der Waals surface area contributed by atoms with E-state index in [1.807, 2.05) is 12.1 Å². The van der Waals surface area contributed by atoms with Crippen LogP contribution in [-0.2, 0) is 5.41 Å². The van der Waals surface area contributed by atoms with Crippen LogP contribution in [0.2, 0.25) is 0 Å². The molecule has 0 radical (unpaired) electrons. The second-order valence-corrected chi connectivity index (χ2v) is 5.12. The van der Waals surface area contributed by atoms with Crippen molar-refractivity contribution >= 4 is 15.9 Å². The van der Waals surface area contributed by atoms with Crippen molar-refractivity contribution in [3.8, 4) is 5.75 Å². The van der Waals surface area contributed by atoms with Crippen molar-refractivity contribution in [1.82, 2.24) is 0 Å². The lowest BCUT2D eigenvalue weighted by atomic mass is 9.81. The molecule has 2 nitrogen and oxygen atoms in total. The average molecular weight is 273 g/mol. The highest BCUT2D eigenvalue weighted by Crippen LogP contribution is 2.35. The molecule has 0 saturated carbocycles. The Bertz CT molecular complexity index is 334. The number of methoxy groups -OCH3 is 1. The normalized spacial score (nSPS) is 11.5. The second kappa shape index (κ2) is 4.99. The van der Waals surface area contributed by atoms with Crippen molar-refractivity contribution in [2.75, 3.05) is 13.7 Å². The minimum absolute atomic E-state index is 0.0795. The summed E-state index contributed by atoms with van der Waals surface area (Å²) in [4.78, 5) is 0. The van der Waals surface area contributed by atoms with Gasteiger partial charge >= 0.3 is 0 Å². The molecule has 1 aromatic carbocycles. The molecule has 0 aromatic heterocycles. The zero-order valence-electron chi connectivity index (χ0n) is 9.38. The number of aliphatic hydroxyl groups is 1. The van der Waals surface area contributed by atoms with Gasteiger partial charge in [0.1, 0.15) is 5.75 Å². The van der Waals surface area contributed by atoms with E-state index in [1.165, 1.54) is 0 Å². The molecule has 0 atom stereocenters. The fourth-order valence-corrected chi connectivity index (χ4v) is 1.98. The minimum Gasteiger partial charge on any atom is -0.496 e. The predicted molar refractivity (Wildman–Crippen MR) is 65.4 cm³/mol. The molecule has 0 aliphatic carbocycles. The molecule has 1 rings (SSSR count). The highest BCUT2D eigenvalue weighted by molar-refractivity contribution is 9.10. The largest absolute Gasteiger partial charge is 0.496 e. The summed E-state index contributed by atoms with van der Waals surface area (Å²) in [5.74, 6) is 0.872. The topological polar surface area (TPSA) is 29.5 Å². The summed E-state index contributed by atoms with van der Waals surface area (Å²) in [5.41, 5.74) is 1.04. The first kappa shape index (κ1) is 12.5. The molecule has 0 saturated heterocycles. The van der Waals surface area contributed by atoms with Gasteiger partial charge in [-0.25, -0.2) is 0 Å². The summed E-state index contributed by atoms with van der Waals surface area (Å²) in [7, 11) is 1.67. The van der Waals surface area contributed by atoms with Crippen LogP contribution < -0.4 is 4.74 Å². The maximum Gasteiger partial charge on any atom is 0.122 e. The van der Waals surface area contributed by atoms with Crippen molar-refractivity contribution in [1.29, 1.82) is 0 Å². The van der Waals surface area contributed by atoms with Gasteiger partial charge in [-0.3, -0.25) is 0 Å². The molecule has 0 amide bonds. The highest BCUT2D eigenvalue weighted by Gasteiger charge is 2.23. The number of halogens is 1. The Morgan fingerprint density at radius 2 is 2.07 bits per heavy atom. The van der Waals surface area contributed by atoms with E-state index >= 15 is 0 Å². The van der Waals surface area contributed by atoms with Gasteiger partial charge in [0.2, 0.25) is 0 Å². The monoisotopic (exact) mass is 272 g/mol. The first-order valence-electron chi connectivity index (χ1n) is 4.96. The average Bonchev–Trinajstić information content (AvgIpc) is 2.17. The van der Waals surface area contributed by atoms with Gasteiger partial charge in [0, 0.05) is 16.6 Å². The van der Waals surface area contributed by atoms with E-state index in [4.69, 9.17) is 9.84 Å². The first-order chi connectivity index (χ1) is 7.01. The fourth-order valence-electron chi connectivity index (χ4n) is 1.62. The molecule has 3 heteroatoms. The molecule has 0 spiro atoms. The smallest absolute Gasteiger partial charge is 0.122 e. The number of ether oxygens (including phenoxy) is 1. The van der Waals surface area contributed by atoms with Crippen LogP contribution in [0.3, 0.4) is 0 Å². The van der Waals surface area contributed by atoms with Gasteiger partial charge in [-0.2, -0.15) is 0 Å². The first-order valence-corrected chi connectivity index (χ1v) is 5.75. The lowest BCUT2D eigenvalue weighted by molar-refractivity contribution is 0.249. The van der Waals surface area contributed by atoms with Crippen molar-refractivity contribution in [2.24, 2.45) is 0 Å². The van der Waals surface area contributed by atoms with E-state index in [-0.39, 0.29) is 12.0 Å². The van der Waals surface area contributed by atoms with Crippen LogP contribution in [0.1, 0.15) is 25.8 Å². The van der Waals surface area contributed by atoms with Crippen LogP contribution in [0.25, 0.3) is 0 Å². The molecular weight excluding hydrogens is 256 g/mol. The van der Waals surface area contributed by atoms with Gasteiger partial charge < -0.3 is 9.84 Å². The Hall–Kier alpha value is -0.540. The van der Waals surface area contributed by atoms with Crippen molar-refractivity contribution in [3.05, 3.63) is 28.2 Å². The highest BCUT2D eigenvalue weighted by atomic mass is 79.9. The van der Waals surface area contributed by atoms with Crippen molar-refractivity contribution < 1.29 is 9.84 Å². The molecule has 0 bridgehead atoms. The Morgan fingerprint density at radius 1 is 1.40 bits per heavy atom. The zero-order chi connectivity index (χ0) is 11.5. The van der Waals surface area contributed by atoms with Crippen LogP contribution in [0.15, 0.2) is 22.7 Å². The fraction of sp³-hybridized carbons (Fsp3) is 0.500. The van der Waals surface area contributed by atoms with Crippen LogP contribution in [-0.4, -0.2) is 18.8 Å². The van der Waals surface area contributed by atoms with E-state index in [1.54, 1.807) is 7.11 Å². The second-order valence-electron chi connectivity index (χ2n) is 4.20. The molecule has 84 valence electrons. The molecule has 15 heavy (non-hydrogen) atoms. The van der Waals surface area contributed by atoms with Crippen LogP contribution >= 0.6 is 15.9 Å². The molecule has 0 unspecified atom stereocenters. The Morgan fingerprint density at radius 3 is 2.60 bits per heavy atom. The molecule has 0 fully saturated rings. The molecule has 0 heterocycles. The lowest BCUT2D eigenvalue weighted by Crippen LogP contribution is -2.19. The third-order valence-electron chi connectivity index (χ3n) is 2.63. The van der Waals surface area contributed by atoms with Crippen molar-refractivity contribution in [3.63, 3.8) is 0 Å². The summed E-state index contributed by atoms with van der Waals surface area (Å²) in [6.45, 7) is 4.39.